The van der Waals surface area contributed by atoms with Crippen LogP contribution in [0.4, 0.5) is 11.6 Å². The average molecular weight is 264 g/mol. The molecule has 0 bridgehead atoms. The summed E-state index contributed by atoms with van der Waals surface area (Å²) in [5.41, 5.74) is 5.92. The molecule has 2 heterocycles. The van der Waals surface area contributed by atoms with E-state index in [0.29, 0.717) is 11.7 Å². The van der Waals surface area contributed by atoms with E-state index in [1.165, 1.54) is 25.0 Å². The first-order valence-electron chi connectivity index (χ1n) is 6.77. The van der Waals surface area contributed by atoms with Gasteiger partial charge in [0.1, 0.15) is 17.5 Å². The maximum Gasteiger partial charge on any atom is 0.136 e. The second-order valence-electron chi connectivity index (χ2n) is 5.13. The maximum absolute atomic E-state index is 5.92. The van der Waals surface area contributed by atoms with Crippen molar-refractivity contribution in [1.82, 2.24) is 9.97 Å². The molecule has 1 aliphatic carbocycles. The summed E-state index contributed by atoms with van der Waals surface area (Å²) in [6.07, 6.45) is 3.66. The summed E-state index contributed by atoms with van der Waals surface area (Å²) in [6, 6.07) is 1.93. The fourth-order valence-electron chi connectivity index (χ4n) is 2.33. The molecule has 1 aromatic rings. The van der Waals surface area contributed by atoms with Crippen LogP contribution in [0.5, 0.6) is 0 Å². The van der Waals surface area contributed by atoms with Crippen LogP contribution in [0.2, 0.25) is 0 Å². The minimum Gasteiger partial charge on any atom is -0.384 e. The van der Waals surface area contributed by atoms with Crippen molar-refractivity contribution in [2.45, 2.75) is 37.4 Å². The van der Waals surface area contributed by atoms with Gasteiger partial charge in [0.05, 0.1) is 0 Å². The summed E-state index contributed by atoms with van der Waals surface area (Å²) in [5, 5.41) is 0.722. The van der Waals surface area contributed by atoms with Crippen LogP contribution in [-0.2, 0) is 0 Å². The summed E-state index contributed by atoms with van der Waals surface area (Å²) in [5.74, 6) is 4.35. The van der Waals surface area contributed by atoms with Crippen molar-refractivity contribution in [3.63, 3.8) is 0 Å². The van der Waals surface area contributed by atoms with Gasteiger partial charge in [-0.25, -0.2) is 9.97 Å². The van der Waals surface area contributed by atoms with Crippen molar-refractivity contribution >= 4 is 23.4 Å². The van der Waals surface area contributed by atoms with E-state index in [4.69, 9.17) is 10.7 Å². The van der Waals surface area contributed by atoms with E-state index in [-0.39, 0.29) is 0 Å². The van der Waals surface area contributed by atoms with E-state index in [2.05, 4.69) is 28.6 Å². The van der Waals surface area contributed by atoms with Crippen LogP contribution in [0.25, 0.3) is 0 Å². The van der Waals surface area contributed by atoms with Crippen molar-refractivity contribution in [2.75, 3.05) is 29.5 Å². The second kappa shape index (κ2) is 4.96. The van der Waals surface area contributed by atoms with Gasteiger partial charge in [0.15, 0.2) is 0 Å². The summed E-state index contributed by atoms with van der Waals surface area (Å²) in [6.45, 7) is 4.41. The van der Waals surface area contributed by atoms with Crippen LogP contribution in [0, 0.1) is 0 Å². The lowest BCUT2D eigenvalue weighted by Crippen LogP contribution is -2.38. The molecule has 2 aliphatic rings. The number of nitrogens with zero attached hydrogens (tertiary/aromatic N) is 3. The molecule has 1 saturated heterocycles. The molecule has 1 atom stereocenters. The van der Waals surface area contributed by atoms with Gasteiger partial charge in [-0.3, -0.25) is 0 Å². The van der Waals surface area contributed by atoms with Gasteiger partial charge < -0.3 is 10.6 Å². The molecule has 98 valence electrons. The molecule has 0 radical (unpaired) electrons. The molecule has 1 saturated carbocycles. The lowest BCUT2D eigenvalue weighted by molar-refractivity contribution is 0.715. The van der Waals surface area contributed by atoms with Crippen LogP contribution in [-0.4, -0.2) is 34.1 Å². The molecule has 2 fully saturated rings. The zero-order chi connectivity index (χ0) is 12.5. The minimum absolute atomic E-state index is 0.563. The molecular formula is C13H20N4S. The van der Waals surface area contributed by atoms with Gasteiger partial charge >= 0.3 is 0 Å². The normalized spacial score (nSPS) is 24.3. The maximum atomic E-state index is 5.92. The van der Waals surface area contributed by atoms with E-state index in [9.17, 15) is 0 Å². The molecule has 0 aromatic carbocycles. The Balaban J connectivity index is 1.81. The zero-order valence-electron chi connectivity index (χ0n) is 10.8. The highest BCUT2D eigenvalue weighted by Gasteiger charge is 2.28. The fourth-order valence-corrected chi connectivity index (χ4v) is 3.51. The second-order valence-corrected chi connectivity index (χ2v) is 6.54. The van der Waals surface area contributed by atoms with Crippen LogP contribution in [0.15, 0.2) is 6.07 Å². The van der Waals surface area contributed by atoms with Gasteiger partial charge in [-0.1, -0.05) is 6.92 Å². The van der Waals surface area contributed by atoms with Crippen LogP contribution < -0.4 is 10.6 Å². The Bertz CT molecular complexity index is 433. The number of anilines is 2. The standard InChI is InChI=1S/C13H20N4S/c1-2-10-8-17(5-6-18-10)12-7-11(14)15-13(16-12)9-3-4-9/h7,9-10H,2-6,8H2,1H3,(H2,14,15,16). The van der Waals surface area contributed by atoms with Crippen molar-refractivity contribution in [3.8, 4) is 0 Å². The highest BCUT2D eigenvalue weighted by molar-refractivity contribution is 8.00. The monoisotopic (exact) mass is 264 g/mol. The Morgan fingerprint density at radius 2 is 2.28 bits per heavy atom. The molecule has 2 N–H and O–H groups in total. The first-order valence-corrected chi connectivity index (χ1v) is 7.82. The third-order valence-electron chi connectivity index (χ3n) is 3.61. The van der Waals surface area contributed by atoms with Gasteiger partial charge in [-0.05, 0) is 19.3 Å². The molecule has 0 amide bonds. The predicted molar refractivity (Wildman–Crippen MR) is 77.2 cm³/mol. The highest BCUT2D eigenvalue weighted by atomic mass is 32.2. The summed E-state index contributed by atoms with van der Waals surface area (Å²) < 4.78 is 0. The Kier molecular flexibility index (Phi) is 3.33. The lowest BCUT2D eigenvalue weighted by Gasteiger charge is -2.33. The van der Waals surface area contributed by atoms with Crippen molar-refractivity contribution in [2.24, 2.45) is 0 Å². The quantitative estimate of drug-likeness (QED) is 0.907. The summed E-state index contributed by atoms with van der Waals surface area (Å²) in [4.78, 5) is 11.4. The van der Waals surface area contributed by atoms with Gasteiger partial charge in [0, 0.05) is 36.1 Å². The number of rotatable bonds is 3. The topological polar surface area (TPSA) is 55.0 Å². The Morgan fingerprint density at radius 3 is 3.00 bits per heavy atom. The molecule has 18 heavy (non-hydrogen) atoms. The summed E-state index contributed by atoms with van der Waals surface area (Å²) >= 11 is 2.07. The van der Waals surface area contributed by atoms with E-state index in [1.807, 2.05) is 6.07 Å². The molecule has 3 rings (SSSR count). The van der Waals surface area contributed by atoms with Crippen LogP contribution in [0.1, 0.15) is 37.9 Å². The van der Waals surface area contributed by atoms with Gasteiger partial charge in [0.2, 0.25) is 0 Å². The lowest BCUT2D eigenvalue weighted by atomic mass is 10.3. The van der Waals surface area contributed by atoms with Gasteiger partial charge in [-0.15, -0.1) is 0 Å². The molecule has 4 nitrogen and oxygen atoms in total. The Hall–Kier alpha value is -0.970. The number of thioether (sulfide) groups is 1. The number of nitrogen functional groups attached to an aromatic ring is 1. The van der Waals surface area contributed by atoms with Gasteiger partial charge in [0.25, 0.3) is 0 Å². The first-order chi connectivity index (χ1) is 8.76. The molecule has 1 aromatic heterocycles. The molecule has 0 spiro atoms. The van der Waals surface area contributed by atoms with Crippen LogP contribution in [0.3, 0.4) is 0 Å². The van der Waals surface area contributed by atoms with E-state index < -0.39 is 0 Å². The smallest absolute Gasteiger partial charge is 0.136 e. The third kappa shape index (κ3) is 2.55. The van der Waals surface area contributed by atoms with Crippen LogP contribution >= 0.6 is 11.8 Å². The molecule has 1 aliphatic heterocycles. The summed E-state index contributed by atoms with van der Waals surface area (Å²) in [7, 11) is 0. The Labute approximate surface area is 112 Å². The number of hydrogen-bond acceptors (Lipinski definition) is 5. The van der Waals surface area contributed by atoms with Crippen molar-refractivity contribution < 1.29 is 0 Å². The largest absolute Gasteiger partial charge is 0.384 e. The first kappa shape index (κ1) is 12.1. The van der Waals surface area contributed by atoms with Crippen molar-refractivity contribution in [1.29, 1.82) is 0 Å². The average Bonchev–Trinajstić information content (AvgIpc) is 3.22. The molecule has 5 heteroatoms. The van der Waals surface area contributed by atoms with E-state index in [1.54, 1.807) is 0 Å². The number of hydrogen-bond donors (Lipinski definition) is 1. The SMILES string of the molecule is CCC1CN(c2cc(N)nc(C3CC3)n2)CCS1. The predicted octanol–water partition coefficient (Wildman–Crippen LogP) is 2.27. The Morgan fingerprint density at radius 1 is 1.44 bits per heavy atom. The number of aromatic nitrogens is 2. The van der Waals surface area contributed by atoms with E-state index >= 15 is 0 Å². The molecular weight excluding hydrogens is 244 g/mol. The van der Waals surface area contributed by atoms with Gasteiger partial charge in [-0.2, -0.15) is 11.8 Å². The fraction of sp³-hybridized carbons (Fsp3) is 0.692. The minimum atomic E-state index is 0.563. The third-order valence-corrected chi connectivity index (χ3v) is 4.98. The molecule has 1 unspecified atom stereocenters. The number of nitrogens with two attached hydrogens (primary N) is 1. The van der Waals surface area contributed by atoms with E-state index in [0.717, 1.165) is 30.0 Å². The van der Waals surface area contributed by atoms with Crippen molar-refractivity contribution in [3.05, 3.63) is 11.9 Å². The zero-order valence-corrected chi connectivity index (χ0v) is 11.6. The highest BCUT2D eigenvalue weighted by Crippen LogP contribution is 2.39.